The molecule has 0 bridgehead atoms. The number of rotatable bonds is 2. The normalized spacial score (nSPS) is 11.7. The molecule has 106 valence electrons. The Kier molecular flexibility index (Phi) is 3.79. The van der Waals surface area contributed by atoms with Crippen molar-refractivity contribution in [2.24, 2.45) is 0 Å². The molecule has 0 saturated carbocycles. The Morgan fingerprint density at radius 2 is 1.50 bits per heavy atom. The van der Waals surface area contributed by atoms with Gasteiger partial charge in [-0.05, 0) is 29.7 Å². The first-order chi connectivity index (χ1) is 9.34. The Morgan fingerprint density at radius 1 is 0.900 bits per heavy atom. The van der Waals surface area contributed by atoms with Gasteiger partial charge in [0, 0.05) is 5.56 Å². The van der Waals surface area contributed by atoms with E-state index in [9.17, 15) is 22.0 Å². The monoisotopic (exact) mass is 286 g/mol. The summed E-state index contributed by atoms with van der Waals surface area (Å²) in [6.07, 6.45) is -4.30. The maximum Gasteiger partial charge on any atom is 0.422 e. The summed E-state index contributed by atoms with van der Waals surface area (Å²) in [6, 6.07) is 8.09. The van der Waals surface area contributed by atoms with E-state index in [2.05, 4.69) is 0 Å². The molecule has 0 aliphatic rings. The van der Waals surface area contributed by atoms with Crippen LogP contribution in [0.4, 0.5) is 22.0 Å². The molecule has 20 heavy (non-hydrogen) atoms. The fourth-order valence-electron chi connectivity index (χ4n) is 1.96. The van der Waals surface area contributed by atoms with E-state index in [-0.39, 0.29) is 11.1 Å². The van der Waals surface area contributed by atoms with Crippen LogP contribution in [0.2, 0.25) is 0 Å². The Morgan fingerprint density at radius 3 is 2.00 bits per heavy atom. The molecule has 5 heteroatoms. The van der Waals surface area contributed by atoms with Gasteiger partial charge in [0.25, 0.3) is 0 Å². The molecule has 0 heterocycles. The molecule has 2 aromatic carbocycles. The third kappa shape index (κ3) is 2.66. The molecule has 0 aromatic heterocycles. The van der Waals surface area contributed by atoms with Crippen LogP contribution in [0.5, 0.6) is 0 Å². The number of halogens is 5. The van der Waals surface area contributed by atoms with Crippen molar-refractivity contribution in [3.63, 3.8) is 0 Å². The van der Waals surface area contributed by atoms with Crippen molar-refractivity contribution in [2.45, 2.75) is 19.5 Å². The van der Waals surface area contributed by atoms with Gasteiger partial charge in [0.15, 0.2) is 0 Å². The van der Waals surface area contributed by atoms with E-state index >= 15 is 0 Å². The minimum atomic E-state index is -5.06. The van der Waals surface area contributed by atoms with Crippen molar-refractivity contribution in [1.29, 1.82) is 0 Å². The van der Waals surface area contributed by atoms with Gasteiger partial charge in [-0.3, -0.25) is 0 Å². The second-order valence-corrected chi connectivity index (χ2v) is 4.33. The van der Waals surface area contributed by atoms with Crippen molar-refractivity contribution in [3.8, 4) is 11.1 Å². The molecule has 0 unspecified atom stereocenters. The zero-order chi connectivity index (χ0) is 14.9. The van der Waals surface area contributed by atoms with E-state index in [1.165, 1.54) is 12.1 Å². The Hall–Kier alpha value is -1.91. The average Bonchev–Trinajstić information content (AvgIpc) is 2.37. The second-order valence-electron chi connectivity index (χ2n) is 4.33. The molecule has 0 fully saturated rings. The topological polar surface area (TPSA) is 0 Å². The largest absolute Gasteiger partial charge is 0.422 e. The van der Waals surface area contributed by atoms with E-state index in [0.29, 0.717) is 6.07 Å². The fraction of sp³-hybridized carbons (Fsp3) is 0.200. The lowest BCUT2D eigenvalue weighted by Gasteiger charge is -2.12. The second kappa shape index (κ2) is 5.23. The SMILES string of the molecule is CCc1ccc(-c2ccc(F)c(C(F)(F)F)c2F)cc1. The van der Waals surface area contributed by atoms with Crippen molar-refractivity contribution >= 4 is 0 Å². The third-order valence-electron chi connectivity index (χ3n) is 3.05. The van der Waals surface area contributed by atoms with E-state index < -0.39 is 23.4 Å². The van der Waals surface area contributed by atoms with Crippen LogP contribution in [-0.4, -0.2) is 0 Å². The minimum Gasteiger partial charge on any atom is -0.206 e. The predicted octanol–water partition coefficient (Wildman–Crippen LogP) is 5.21. The molecule has 0 N–H and O–H groups in total. The van der Waals surface area contributed by atoms with Gasteiger partial charge < -0.3 is 0 Å². The molecule has 0 aliphatic heterocycles. The first kappa shape index (κ1) is 14.5. The van der Waals surface area contributed by atoms with Gasteiger partial charge in [0.05, 0.1) is 0 Å². The molecule has 0 aliphatic carbocycles. The van der Waals surface area contributed by atoms with Gasteiger partial charge in [0.1, 0.15) is 17.2 Å². The Balaban J connectivity index is 2.58. The van der Waals surface area contributed by atoms with Crippen molar-refractivity contribution in [2.75, 3.05) is 0 Å². The lowest BCUT2D eigenvalue weighted by molar-refractivity contribution is -0.142. The summed E-state index contributed by atoms with van der Waals surface area (Å²) in [4.78, 5) is 0. The summed E-state index contributed by atoms with van der Waals surface area (Å²) in [7, 11) is 0. The summed E-state index contributed by atoms with van der Waals surface area (Å²) in [6.45, 7) is 1.93. The Bertz CT molecular complexity index is 611. The maximum absolute atomic E-state index is 13.9. The standard InChI is InChI=1S/C15H11F5/c1-2-9-3-5-10(6-4-9)11-7-8-12(16)13(14(11)17)15(18,19)20/h3-8H,2H2,1H3. The molecular formula is C15H11F5. The zero-order valence-corrected chi connectivity index (χ0v) is 10.6. The van der Waals surface area contributed by atoms with Crippen LogP contribution >= 0.6 is 0 Å². The number of hydrogen-bond acceptors (Lipinski definition) is 0. The first-order valence-electron chi connectivity index (χ1n) is 5.99. The highest BCUT2D eigenvalue weighted by atomic mass is 19.4. The third-order valence-corrected chi connectivity index (χ3v) is 3.05. The number of alkyl halides is 3. The smallest absolute Gasteiger partial charge is 0.206 e. The molecular weight excluding hydrogens is 275 g/mol. The molecule has 2 rings (SSSR count). The van der Waals surface area contributed by atoms with Crippen molar-refractivity contribution in [3.05, 3.63) is 59.2 Å². The summed E-state index contributed by atoms with van der Waals surface area (Å²) >= 11 is 0. The maximum atomic E-state index is 13.9. The molecule has 0 spiro atoms. The van der Waals surface area contributed by atoms with E-state index in [0.717, 1.165) is 18.1 Å². The van der Waals surface area contributed by atoms with Crippen LogP contribution in [0, 0.1) is 11.6 Å². The zero-order valence-electron chi connectivity index (χ0n) is 10.6. The highest BCUT2D eigenvalue weighted by Crippen LogP contribution is 2.37. The highest BCUT2D eigenvalue weighted by Gasteiger charge is 2.38. The number of hydrogen-bond donors (Lipinski definition) is 0. The van der Waals surface area contributed by atoms with Crippen LogP contribution in [0.25, 0.3) is 11.1 Å². The summed E-state index contributed by atoms with van der Waals surface area (Å²) < 4.78 is 65.1. The summed E-state index contributed by atoms with van der Waals surface area (Å²) in [5, 5.41) is 0. The highest BCUT2D eigenvalue weighted by molar-refractivity contribution is 5.65. The van der Waals surface area contributed by atoms with Crippen molar-refractivity contribution in [1.82, 2.24) is 0 Å². The number of benzene rings is 2. The number of aryl methyl sites for hydroxylation is 1. The van der Waals surface area contributed by atoms with Gasteiger partial charge in [-0.15, -0.1) is 0 Å². The van der Waals surface area contributed by atoms with Crippen LogP contribution in [0.1, 0.15) is 18.1 Å². The molecule has 0 radical (unpaired) electrons. The Labute approximate surface area is 112 Å². The van der Waals surface area contributed by atoms with Crippen LogP contribution in [0.3, 0.4) is 0 Å². The fourth-order valence-corrected chi connectivity index (χ4v) is 1.96. The van der Waals surface area contributed by atoms with E-state index in [1.807, 2.05) is 6.92 Å². The van der Waals surface area contributed by atoms with E-state index in [4.69, 9.17) is 0 Å². The first-order valence-corrected chi connectivity index (χ1v) is 5.99. The predicted molar refractivity (Wildman–Crippen MR) is 66.2 cm³/mol. The lowest BCUT2D eigenvalue weighted by atomic mass is 10.00. The lowest BCUT2D eigenvalue weighted by Crippen LogP contribution is -2.12. The molecule has 2 aromatic rings. The van der Waals surface area contributed by atoms with Gasteiger partial charge in [0.2, 0.25) is 0 Å². The van der Waals surface area contributed by atoms with E-state index in [1.54, 1.807) is 12.1 Å². The van der Waals surface area contributed by atoms with Crippen molar-refractivity contribution < 1.29 is 22.0 Å². The summed E-state index contributed by atoms with van der Waals surface area (Å²) in [5.74, 6) is -3.19. The molecule has 0 amide bonds. The molecule has 0 atom stereocenters. The van der Waals surface area contributed by atoms with Gasteiger partial charge in [-0.1, -0.05) is 31.2 Å². The summed E-state index contributed by atoms with van der Waals surface area (Å²) in [5.41, 5.74) is -0.853. The quantitative estimate of drug-likeness (QED) is 0.664. The van der Waals surface area contributed by atoms with Crippen LogP contribution in [-0.2, 0) is 12.6 Å². The van der Waals surface area contributed by atoms with Gasteiger partial charge in [-0.2, -0.15) is 13.2 Å². The molecule has 0 saturated heterocycles. The van der Waals surface area contributed by atoms with Crippen LogP contribution < -0.4 is 0 Å². The minimum absolute atomic E-state index is 0.263. The average molecular weight is 286 g/mol. The van der Waals surface area contributed by atoms with Crippen LogP contribution in [0.15, 0.2) is 36.4 Å². The van der Waals surface area contributed by atoms with Gasteiger partial charge in [-0.25, -0.2) is 8.78 Å². The van der Waals surface area contributed by atoms with Gasteiger partial charge >= 0.3 is 6.18 Å². The molecule has 0 nitrogen and oxygen atoms in total.